The Kier molecular flexibility index (Phi) is 7.17. The van der Waals surface area contributed by atoms with Crippen LogP contribution in [0.1, 0.15) is 67.3 Å². The second kappa shape index (κ2) is 10.6. The zero-order valence-electron chi connectivity index (χ0n) is 21.5. The van der Waals surface area contributed by atoms with E-state index in [1.54, 1.807) is 6.20 Å². The van der Waals surface area contributed by atoms with E-state index in [4.69, 9.17) is 28.2 Å². The summed E-state index contributed by atoms with van der Waals surface area (Å²) in [4.78, 5) is 20.7. The average molecular weight is 537 g/mol. The van der Waals surface area contributed by atoms with Gasteiger partial charge in [-0.25, -0.2) is 0 Å². The van der Waals surface area contributed by atoms with Crippen molar-refractivity contribution >= 4 is 45.6 Å². The molecule has 6 heteroatoms. The molecule has 3 aliphatic rings. The fourth-order valence-corrected chi connectivity index (χ4v) is 6.60. The van der Waals surface area contributed by atoms with Gasteiger partial charge in [-0.3, -0.25) is 9.78 Å². The minimum absolute atomic E-state index is 0.147. The Bertz CT molecular complexity index is 1300. The maximum atomic E-state index is 13.3. The lowest BCUT2D eigenvalue weighted by Gasteiger charge is -2.32. The lowest BCUT2D eigenvalue weighted by Crippen LogP contribution is -2.33. The Morgan fingerprint density at radius 2 is 1.68 bits per heavy atom. The normalized spacial score (nSPS) is 22.5. The number of pyridine rings is 1. The second-order valence-electron chi connectivity index (χ2n) is 11.4. The van der Waals surface area contributed by atoms with Crippen molar-refractivity contribution in [2.75, 3.05) is 25.0 Å². The Balaban J connectivity index is 1.31. The summed E-state index contributed by atoms with van der Waals surface area (Å²) >= 11 is 12.9. The molecule has 0 bridgehead atoms. The van der Waals surface area contributed by atoms with Gasteiger partial charge >= 0.3 is 0 Å². The first-order valence-electron chi connectivity index (χ1n) is 13.9. The largest absolute Gasteiger partial charge is 0.381 e. The van der Waals surface area contributed by atoms with Gasteiger partial charge in [0, 0.05) is 40.1 Å². The van der Waals surface area contributed by atoms with Gasteiger partial charge in [0.15, 0.2) is 5.78 Å². The number of nitrogens with one attached hydrogen (secondary N) is 1. The van der Waals surface area contributed by atoms with Crippen molar-refractivity contribution in [3.05, 3.63) is 57.7 Å². The van der Waals surface area contributed by atoms with E-state index in [2.05, 4.69) is 22.3 Å². The van der Waals surface area contributed by atoms with Crippen LogP contribution in [0.15, 0.2) is 36.5 Å². The average Bonchev–Trinajstić information content (AvgIpc) is 3.64. The molecule has 1 saturated heterocycles. The number of carbonyl (C=O) groups excluding carboxylic acids is 1. The molecule has 2 aromatic carbocycles. The lowest BCUT2D eigenvalue weighted by molar-refractivity contribution is 0.0968. The van der Waals surface area contributed by atoms with E-state index in [1.165, 1.54) is 45.3 Å². The van der Waals surface area contributed by atoms with Crippen LogP contribution in [-0.4, -0.2) is 41.3 Å². The fourth-order valence-electron chi connectivity index (χ4n) is 6.12. The van der Waals surface area contributed by atoms with Gasteiger partial charge in [-0.1, -0.05) is 29.3 Å². The fraction of sp³-hybridized carbons (Fsp3) is 0.484. The van der Waals surface area contributed by atoms with E-state index >= 15 is 0 Å². The topological polar surface area (TPSA) is 45.2 Å². The van der Waals surface area contributed by atoms with Crippen LogP contribution in [-0.2, 0) is 0 Å². The van der Waals surface area contributed by atoms with E-state index in [9.17, 15) is 4.79 Å². The lowest BCUT2D eigenvalue weighted by atomic mass is 9.85. The van der Waals surface area contributed by atoms with Gasteiger partial charge in [0.2, 0.25) is 0 Å². The number of hydrogen-bond donors (Lipinski definition) is 1. The van der Waals surface area contributed by atoms with Gasteiger partial charge < -0.3 is 10.2 Å². The summed E-state index contributed by atoms with van der Waals surface area (Å²) in [7, 11) is 0. The van der Waals surface area contributed by atoms with Gasteiger partial charge in [0.05, 0.1) is 16.8 Å². The van der Waals surface area contributed by atoms with Crippen LogP contribution in [0.3, 0.4) is 0 Å². The number of benzene rings is 2. The highest BCUT2D eigenvalue weighted by atomic mass is 35.5. The zero-order chi connectivity index (χ0) is 25.5. The molecule has 1 aromatic heterocycles. The molecule has 4 nitrogen and oxygen atoms in total. The number of Topliss-reactive ketones (excluding diaryl/α,β-unsaturated/α-hetero) is 1. The number of fused-ring (bicyclic) bond motifs is 1. The molecule has 3 fully saturated rings. The molecule has 3 aromatic rings. The van der Waals surface area contributed by atoms with Crippen molar-refractivity contribution in [3.8, 4) is 11.1 Å². The third-order valence-electron chi connectivity index (χ3n) is 8.61. The summed E-state index contributed by atoms with van der Waals surface area (Å²) in [5.74, 6) is 1.17. The van der Waals surface area contributed by atoms with Crippen molar-refractivity contribution in [1.82, 2.24) is 9.88 Å². The molecular weight excluding hydrogens is 501 g/mol. The van der Waals surface area contributed by atoms with Crippen molar-refractivity contribution < 1.29 is 4.79 Å². The predicted octanol–water partition coefficient (Wildman–Crippen LogP) is 8.18. The molecule has 0 amide bonds. The molecular formula is C31H35Cl2N3O. The van der Waals surface area contributed by atoms with Crippen LogP contribution in [0, 0.1) is 18.8 Å². The number of ketones is 1. The SMILES string of the molecule is Cc1c(Cl)cc(-c2ccc3ncc(C(=O)C4CC4)c(NC4CCC(CN5CCCC5)CC4)c3c2)cc1Cl. The number of anilines is 1. The third kappa shape index (κ3) is 5.39. The van der Waals surface area contributed by atoms with Gasteiger partial charge in [0.1, 0.15) is 0 Å². The quantitative estimate of drug-likeness (QED) is 0.309. The van der Waals surface area contributed by atoms with E-state index in [1.807, 2.05) is 25.1 Å². The zero-order valence-corrected chi connectivity index (χ0v) is 23.0. The Morgan fingerprint density at radius 3 is 2.35 bits per heavy atom. The summed E-state index contributed by atoms with van der Waals surface area (Å²) in [5, 5.41) is 6.16. The third-order valence-corrected chi connectivity index (χ3v) is 9.39. The molecule has 37 heavy (non-hydrogen) atoms. The smallest absolute Gasteiger partial charge is 0.169 e. The number of rotatable bonds is 7. The minimum Gasteiger partial charge on any atom is -0.381 e. The molecule has 0 atom stereocenters. The molecule has 0 unspecified atom stereocenters. The van der Waals surface area contributed by atoms with Crippen LogP contribution in [0.4, 0.5) is 5.69 Å². The van der Waals surface area contributed by atoms with E-state index in [0.717, 1.165) is 70.4 Å². The first-order chi connectivity index (χ1) is 18.0. The Morgan fingerprint density at radius 1 is 0.973 bits per heavy atom. The first kappa shape index (κ1) is 25.2. The van der Waals surface area contributed by atoms with E-state index < -0.39 is 0 Å². The van der Waals surface area contributed by atoms with Crippen LogP contribution in [0.25, 0.3) is 22.0 Å². The van der Waals surface area contributed by atoms with Crippen LogP contribution in [0.2, 0.25) is 10.0 Å². The van der Waals surface area contributed by atoms with Crippen LogP contribution < -0.4 is 5.32 Å². The molecule has 2 heterocycles. The summed E-state index contributed by atoms with van der Waals surface area (Å²) < 4.78 is 0. The van der Waals surface area contributed by atoms with Gasteiger partial charge in [0.25, 0.3) is 0 Å². The molecule has 2 saturated carbocycles. The predicted molar refractivity (Wildman–Crippen MR) is 154 cm³/mol. The summed E-state index contributed by atoms with van der Waals surface area (Å²) in [5.41, 5.74) is 5.46. The molecule has 194 valence electrons. The first-order valence-corrected chi connectivity index (χ1v) is 14.6. The number of likely N-dealkylation sites (tertiary alicyclic amines) is 1. The van der Waals surface area contributed by atoms with Crippen molar-refractivity contribution in [3.63, 3.8) is 0 Å². The Hall–Kier alpha value is -2.14. The summed E-state index contributed by atoms with van der Waals surface area (Å²) in [6, 6.07) is 10.5. The molecule has 1 N–H and O–H groups in total. The second-order valence-corrected chi connectivity index (χ2v) is 12.2. The van der Waals surface area contributed by atoms with Crippen LogP contribution in [0.5, 0.6) is 0 Å². The van der Waals surface area contributed by atoms with Gasteiger partial charge in [-0.05, 0) is 118 Å². The van der Waals surface area contributed by atoms with Crippen molar-refractivity contribution in [2.24, 2.45) is 11.8 Å². The number of nitrogens with zero attached hydrogens (tertiary/aromatic N) is 2. The molecule has 1 aliphatic heterocycles. The number of hydrogen-bond acceptors (Lipinski definition) is 4. The Labute approximate surface area is 229 Å². The summed E-state index contributed by atoms with van der Waals surface area (Å²) in [6.07, 6.45) is 11.2. The number of carbonyl (C=O) groups is 1. The maximum absolute atomic E-state index is 13.3. The number of aromatic nitrogens is 1. The standard InChI is InChI=1S/C31H35Cl2N3O/c1-19-27(32)15-23(16-28(19)33)22-8-11-29-25(14-22)30(26(17-34-29)31(37)21-6-7-21)35-24-9-4-20(5-10-24)18-36-12-2-3-13-36/h8,11,14-17,20-21,24H,2-7,9-10,12-13,18H2,1H3,(H,34,35). The molecule has 6 rings (SSSR count). The highest BCUT2D eigenvalue weighted by molar-refractivity contribution is 6.36. The van der Waals surface area contributed by atoms with Crippen LogP contribution >= 0.6 is 23.2 Å². The van der Waals surface area contributed by atoms with E-state index in [0.29, 0.717) is 16.1 Å². The maximum Gasteiger partial charge on any atom is 0.169 e. The molecule has 2 aliphatic carbocycles. The van der Waals surface area contributed by atoms with Crippen molar-refractivity contribution in [2.45, 2.75) is 64.3 Å². The molecule has 0 spiro atoms. The highest BCUT2D eigenvalue weighted by Gasteiger charge is 2.33. The minimum atomic E-state index is 0.147. The van der Waals surface area contributed by atoms with E-state index in [-0.39, 0.29) is 11.7 Å². The number of halogens is 2. The highest BCUT2D eigenvalue weighted by Crippen LogP contribution is 2.40. The van der Waals surface area contributed by atoms with Crippen molar-refractivity contribution in [1.29, 1.82) is 0 Å². The van der Waals surface area contributed by atoms with Gasteiger partial charge in [-0.2, -0.15) is 0 Å². The van der Waals surface area contributed by atoms with Gasteiger partial charge in [-0.15, -0.1) is 0 Å². The summed E-state index contributed by atoms with van der Waals surface area (Å²) in [6.45, 7) is 5.72. The molecule has 0 radical (unpaired) electrons. The monoisotopic (exact) mass is 535 g/mol.